The second kappa shape index (κ2) is 10.6. The van der Waals surface area contributed by atoms with Crippen LogP contribution in [0.25, 0.3) is 11.1 Å². The molecule has 0 aliphatic carbocycles. The molecule has 3 unspecified atom stereocenters. The van der Waals surface area contributed by atoms with Crippen LogP contribution in [-0.4, -0.2) is 29.1 Å². The summed E-state index contributed by atoms with van der Waals surface area (Å²) in [6, 6.07) is 24.6. The van der Waals surface area contributed by atoms with Crippen LogP contribution in [0.1, 0.15) is 36.1 Å². The van der Waals surface area contributed by atoms with E-state index in [1.165, 1.54) is 47.4 Å². The highest BCUT2D eigenvalue weighted by Gasteiger charge is 2.50. The maximum Gasteiger partial charge on any atom is 0.295 e. The first kappa shape index (κ1) is 26.6. The highest BCUT2D eigenvalue weighted by molar-refractivity contribution is 7.86. The number of halogens is 1. The molecule has 0 spiro atoms. The zero-order valence-corrected chi connectivity index (χ0v) is 21.5. The van der Waals surface area contributed by atoms with Crippen LogP contribution in [0.2, 0.25) is 0 Å². The van der Waals surface area contributed by atoms with Gasteiger partial charge in [0.05, 0.1) is 23.8 Å². The van der Waals surface area contributed by atoms with E-state index < -0.39 is 34.0 Å². The molecular formula is C30H26FNO6S. The quantitative estimate of drug-likeness (QED) is 0.194. The van der Waals surface area contributed by atoms with E-state index in [0.717, 1.165) is 5.56 Å². The molecule has 1 saturated heterocycles. The van der Waals surface area contributed by atoms with Gasteiger partial charge in [0.15, 0.2) is 0 Å². The number of phenolic OH excluding ortho intramolecular Hbond substituents is 1. The van der Waals surface area contributed by atoms with Gasteiger partial charge in [-0.15, -0.1) is 0 Å². The van der Waals surface area contributed by atoms with Crippen molar-refractivity contribution in [3.8, 4) is 16.9 Å². The second-order valence-corrected chi connectivity index (χ2v) is 10.8. The number of para-hydroxylation sites is 1. The summed E-state index contributed by atoms with van der Waals surface area (Å²) in [7, 11) is -4.52. The highest BCUT2D eigenvalue weighted by atomic mass is 32.2. The van der Waals surface area contributed by atoms with Gasteiger partial charge in [-0.05, 0) is 48.2 Å². The molecule has 0 radical (unpaired) electrons. The average Bonchev–Trinajstić information content (AvgIpc) is 2.93. The number of phenols is 1. The molecule has 1 amide bonds. The highest BCUT2D eigenvalue weighted by Crippen LogP contribution is 2.49. The predicted molar refractivity (Wildman–Crippen MR) is 144 cm³/mol. The number of nitrogens with zero attached hydrogens (tertiary/aromatic N) is 1. The van der Waals surface area contributed by atoms with Crippen LogP contribution in [0.15, 0.2) is 102 Å². The molecule has 1 heterocycles. The van der Waals surface area contributed by atoms with Gasteiger partial charge >= 0.3 is 0 Å². The molecule has 7 nitrogen and oxygen atoms in total. The van der Waals surface area contributed by atoms with E-state index in [1.54, 1.807) is 36.4 Å². The van der Waals surface area contributed by atoms with E-state index >= 15 is 0 Å². The lowest BCUT2D eigenvalue weighted by molar-refractivity contribution is -0.131. The van der Waals surface area contributed by atoms with Crippen LogP contribution in [0.4, 0.5) is 10.1 Å². The van der Waals surface area contributed by atoms with Crippen molar-refractivity contribution in [2.45, 2.75) is 29.9 Å². The first-order valence-corrected chi connectivity index (χ1v) is 13.8. The van der Waals surface area contributed by atoms with Crippen LogP contribution in [-0.2, 0) is 14.9 Å². The van der Waals surface area contributed by atoms with E-state index in [0.29, 0.717) is 11.1 Å². The maximum absolute atomic E-state index is 14.8. The van der Waals surface area contributed by atoms with Gasteiger partial charge in [0, 0.05) is 11.1 Å². The molecule has 9 heteroatoms. The topological polar surface area (TPSA) is 115 Å². The summed E-state index contributed by atoms with van der Waals surface area (Å²) in [5.74, 6) is -1.77. The third kappa shape index (κ3) is 5.16. The maximum atomic E-state index is 14.8. The van der Waals surface area contributed by atoms with Gasteiger partial charge < -0.3 is 15.1 Å². The van der Waals surface area contributed by atoms with Crippen molar-refractivity contribution in [1.29, 1.82) is 0 Å². The molecule has 0 bridgehead atoms. The SMILES string of the molecule is O=C1C(CCC(O)c2ccccc2)C(c2ccc(-c3ccccc3S(=O)(=O)O)cc2O)N1c1ccccc1F. The number of hydrogen-bond donors (Lipinski definition) is 3. The Morgan fingerprint density at radius 3 is 2.26 bits per heavy atom. The Balaban J connectivity index is 1.50. The van der Waals surface area contributed by atoms with Crippen molar-refractivity contribution in [2.24, 2.45) is 5.92 Å². The third-order valence-electron chi connectivity index (χ3n) is 7.09. The smallest absolute Gasteiger partial charge is 0.295 e. The zero-order chi connectivity index (χ0) is 27.7. The van der Waals surface area contributed by atoms with E-state index in [9.17, 15) is 32.4 Å². The van der Waals surface area contributed by atoms with Crippen molar-refractivity contribution >= 4 is 21.7 Å². The largest absolute Gasteiger partial charge is 0.508 e. The fourth-order valence-electron chi connectivity index (χ4n) is 5.17. The molecule has 3 N–H and O–H groups in total. The Hall–Kier alpha value is -4.05. The fourth-order valence-corrected chi connectivity index (χ4v) is 5.89. The van der Waals surface area contributed by atoms with Gasteiger partial charge in [-0.2, -0.15) is 8.42 Å². The molecule has 4 aromatic rings. The number of anilines is 1. The standard InChI is InChI=1S/C30H26FNO6S/c31-24-11-5-6-12-25(24)32-29(23(30(32)35)16-17-26(33)19-8-2-1-3-9-19)22-15-14-20(18-27(22)34)21-10-4-7-13-28(21)39(36,37)38/h1-15,18,23,26,29,33-34H,16-17H2,(H,36,37,38). The van der Waals surface area contributed by atoms with Crippen molar-refractivity contribution in [3.63, 3.8) is 0 Å². The molecule has 1 aliphatic heterocycles. The molecule has 4 aromatic carbocycles. The van der Waals surface area contributed by atoms with E-state index in [2.05, 4.69) is 0 Å². The Morgan fingerprint density at radius 1 is 0.897 bits per heavy atom. The lowest BCUT2D eigenvalue weighted by Gasteiger charge is -2.48. The Morgan fingerprint density at radius 2 is 1.56 bits per heavy atom. The van der Waals surface area contributed by atoms with E-state index in [4.69, 9.17) is 0 Å². The number of amides is 1. The van der Waals surface area contributed by atoms with Gasteiger partial charge in [0.1, 0.15) is 16.5 Å². The summed E-state index contributed by atoms with van der Waals surface area (Å²) < 4.78 is 48.1. The van der Waals surface area contributed by atoms with E-state index in [1.807, 2.05) is 18.2 Å². The summed E-state index contributed by atoms with van der Waals surface area (Å²) in [5.41, 5.74) is 1.68. The van der Waals surface area contributed by atoms with Gasteiger partial charge in [0.2, 0.25) is 5.91 Å². The Kier molecular flexibility index (Phi) is 7.22. The number of carbonyl (C=O) groups excluding carboxylic acids is 1. The molecule has 0 saturated carbocycles. The van der Waals surface area contributed by atoms with Gasteiger partial charge in [0.25, 0.3) is 10.1 Å². The van der Waals surface area contributed by atoms with Gasteiger partial charge in [-0.1, -0.05) is 72.8 Å². The number of hydrogen-bond acceptors (Lipinski definition) is 5. The normalized spacial score (nSPS) is 18.0. The number of rotatable bonds is 8. The Bertz CT molecular complexity index is 1630. The molecule has 1 aliphatic rings. The molecule has 200 valence electrons. The summed E-state index contributed by atoms with van der Waals surface area (Å²) >= 11 is 0. The number of β-lactam (4-membered cyclic amide) rings is 1. The van der Waals surface area contributed by atoms with Crippen molar-refractivity contribution in [2.75, 3.05) is 4.90 Å². The minimum absolute atomic E-state index is 0.0764. The lowest BCUT2D eigenvalue weighted by atomic mass is 9.77. The fraction of sp³-hybridized carbons (Fsp3) is 0.167. The van der Waals surface area contributed by atoms with Crippen molar-refractivity contribution < 1.29 is 32.4 Å². The van der Waals surface area contributed by atoms with Crippen LogP contribution in [0.5, 0.6) is 5.75 Å². The van der Waals surface area contributed by atoms with Gasteiger partial charge in [-0.25, -0.2) is 4.39 Å². The molecular weight excluding hydrogens is 521 g/mol. The number of aliphatic hydroxyl groups is 1. The van der Waals surface area contributed by atoms with Crippen LogP contribution < -0.4 is 4.90 Å². The summed E-state index contributed by atoms with van der Waals surface area (Å²) in [5, 5.41) is 21.7. The monoisotopic (exact) mass is 547 g/mol. The molecule has 5 rings (SSSR count). The molecule has 1 fully saturated rings. The third-order valence-corrected chi connectivity index (χ3v) is 8.00. The number of aromatic hydroxyl groups is 1. The Labute approximate surface area is 225 Å². The number of benzene rings is 4. The molecule has 39 heavy (non-hydrogen) atoms. The minimum Gasteiger partial charge on any atom is -0.508 e. The second-order valence-electron chi connectivity index (χ2n) is 9.46. The average molecular weight is 548 g/mol. The van der Waals surface area contributed by atoms with Crippen LogP contribution in [0, 0.1) is 11.7 Å². The number of aliphatic hydroxyl groups excluding tert-OH is 1. The van der Waals surface area contributed by atoms with Crippen LogP contribution in [0.3, 0.4) is 0 Å². The first-order valence-electron chi connectivity index (χ1n) is 12.4. The predicted octanol–water partition coefficient (Wildman–Crippen LogP) is 5.66. The molecule has 0 aromatic heterocycles. The lowest BCUT2D eigenvalue weighted by Crippen LogP contribution is -2.55. The van der Waals surface area contributed by atoms with Gasteiger partial charge in [-0.3, -0.25) is 9.35 Å². The number of carbonyl (C=O) groups is 1. The van der Waals surface area contributed by atoms with Crippen molar-refractivity contribution in [1.82, 2.24) is 0 Å². The van der Waals surface area contributed by atoms with E-state index in [-0.39, 0.29) is 40.6 Å². The molecule has 3 atom stereocenters. The summed E-state index contributed by atoms with van der Waals surface area (Å²) in [6.45, 7) is 0. The summed E-state index contributed by atoms with van der Waals surface area (Å²) in [6.07, 6.45) is -0.227. The van der Waals surface area contributed by atoms with Crippen molar-refractivity contribution in [3.05, 3.63) is 114 Å². The van der Waals surface area contributed by atoms with Crippen LogP contribution >= 0.6 is 0 Å². The first-order chi connectivity index (χ1) is 18.7. The summed E-state index contributed by atoms with van der Waals surface area (Å²) in [4.78, 5) is 14.3. The zero-order valence-electron chi connectivity index (χ0n) is 20.7. The minimum atomic E-state index is -4.52.